The van der Waals surface area contributed by atoms with Gasteiger partial charge in [-0.1, -0.05) is 12.1 Å². The average Bonchev–Trinajstić information content (AvgIpc) is 3.50. The van der Waals surface area contributed by atoms with Gasteiger partial charge in [-0.2, -0.15) is 0 Å². The van der Waals surface area contributed by atoms with Crippen molar-refractivity contribution in [3.63, 3.8) is 0 Å². The molecule has 0 radical (unpaired) electrons. The van der Waals surface area contributed by atoms with E-state index >= 15 is 0 Å². The van der Waals surface area contributed by atoms with Crippen molar-refractivity contribution < 1.29 is 23.5 Å². The van der Waals surface area contributed by atoms with Crippen molar-refractivity contribution in [1.82, 2.24) is 14.9 Å². The van der Waals surface area contributed by atoms with Gasteiger partial charge in [0.15, 0.2) is 11.6 Å². The van der Waals surface area contributed by atoms with Crippen LogP contribution in [0.2, 0.25) is 0 Å². The molecule has 1 amide bonds. The van der Waals surface area contributed by atoms with E-state index in [4.69, 9.17) is 9.47 Å². The zero-order chi connectivity index (χ0) is 26.1. The normalized spacial score (nSPS) is 15.7. The molecule has 5 heterocycles. The van der Waals surface area contributed by atoms with Crippen molar-refractivity contribution in [1.29, 1.82) is 0 Å². The van der Waals surface area contributed by atoms with Crippen LogP contribution in [-0.4, -0.2) is 46.3 Å². The van der Waals surface area contributed by atoms with E-state index in [1.807, 2.05) is 23.1 Å². The van der Waals surface area contributed by atoms with Crippen LogP contribution in [0.4, 0.5) is 4.39 Å². The molecule has 194 valence electrons. The molecule has 3 aromatic heterocycles. The van der Waals surface area contributed by atoms with Crippen molar-refractivity contribution in [3.05, 3.63) is 71.8 Å². The highest BCUT2D eigenvalue weighted by Crippen LogP contribution is 2.39. The van der Waals surface area contributed by atoms with Gasteiger partial charge in [0.25, 0.3) is 0 Å². The van der Waals surface area contributed by atoms with E-state index < -0.39 is 5.82 Å². The fraction of sp³-hybridized carbons (Fsp3) is 0.310. The number of likely N-dealkylation sites (tertiary alicyclic amines) is 1. The fourth-order valence-corrected chi connectivity index (χ4v) is 5.80. The second-order valence-electron chi connectivity index (χ2n) is 9.79. The minimum absolute atomic E-state index is 0.0829. The molecular weight excluding hydrogens is 505 g/mol. The molecule has 7 nitrogen and oxygen atoms in total. The molecule has 2 saturated heterocycles. The second kappa shape index (κ2) is 10.6. The molecule has 9 heteroatoms. The maximum Gasteiger partial charge on any atom is 0.222 e. The predicted octanol–water partition coefficient (Wildman–Crippen LogP) is 5.56. The molecule has 2 aliphatic heterocycles. The molecule has 0 aliphatic carbocycles. The van der Waals surface area contributed by atoms with Crippen LogP contribution < -0.4 is 4.74 Å². The van der Waals surface area contributed by atoms with Crippen molar-refractivity contribution in [2.45, 2.75) is 32.2 Å². The summed E-state index contributed by atoms with van der Waals surface area (Å²) in [5.41, 5.74) is 3.15. The summed E-state index contributed by atoms with van der Waals surface area (Å²) in [6.45, 7) is 2.62. The fourth-order valence-electron chi connectivity index (χ4n) is 4.76. The zero-order valence-electron chi connectivity index (χ0n) is 20.7. The molecule has 0 N–H and O–H groups in total. The van der Waals surface area contributed by atoms with Gasteiger partial charge >= 0.3 is 0 Å². The van der Waals surface area contributed by atoms with E-state index in [1.165, 1.54) is 17.4 Å². The minimum Gasteiger partial charge on any atom is -0.453 e. The van der Waals surface area contributed by atoms with Gasteiger partial charge in [-0.3, -0.25) is 19.6 Å². The first-order valence-corrected chi connectivity index (χ1v) is 13.5. The van der Waals surface area contributed by atoms with Crippen LogP contribution in [0.1, 0.15) is 30.4 Å². The monoisotopic (exact) mass is 531 g/mol. The standard InChI is InChI=1S/C29H26FN3O4S/c30-22-12-18(10-21(34)11-20-16-36-17-20)4-6-25(22)37-26-7-8-31-24-13-27(38-29(24)26)23-5-3-19(14-32-23)15-33-9-1-2-28(33)35/h3-8,12-14,20H,1-2,9-11,15-17H2. The van der Waals surface area contributed by atoms with Crippen LogP contribution in [0.15, 0.2) is 54.9 Å². The highest BCUT2D eigenvalue weighted by Gasteiger charge is 2.22. The number of thiophene rings is 1. The topological polar surface area (TPSA) is 81.6 Å². The number of ether oxygens (including phenoxy) is 2. The third kappa shape index (κ3) is 5.30. The number of pyridine rings is 2. The molecule has 2 fully saturated rings. The lowest BCUT2D eigenvalue weighted by molar-refractivity contribution is -0.128. The van der Waals surface area contributed by atoms with E-state index in [0.717, 1.165) is 39.3 Å². The number of nitrogens with zero attached hydrogens (tertiary/aromatic N) is 3. The molecule has 0 bridgehead atoms. The SMILES string of the molecule is O=C(Cc1ccc(Oc2ccnc3cc(-c4ccc(CN5CCCC5=O)cn4)sc23)c(F)c1)CC1COC1. The molecule has 1 aromatic carbocycles. The minimum atomic E-state index is -0.516. The van der Waals surface area contributed by atoms with Gasteiger partial charge in [-0.05, 0) is 41.8 Å². The molecule has 38 heavy (non-hydrogen) atoms. The summed E-state index contributed by atoms with van der Waals surface area (Å²) >= 11 is 1.47. The van der Waals surface area contributed by atoms with Gasteiger partial charge in [-0.25, -0.2) is 4.39 Å². The van der Waals surface area contributed by atoms with E-state index in [2.05, 4.69) is 9.97 Å². The van der Waals surface area contributed by atoms with Gasteiger partial charge < -0.3 is 14.4 Å². The van der Waals surface area contributed by atoms with Crippen molar-refractivity contribution in [2.24, 2.45) is 5.92 Å². The number of benzene rings is 1. The molecule has 0 atom stereocenters. The molecule has 4 aromatic rings. The van der Waals surface area contributed by atoms with Crippen LogP contribution in [0.25, 0.3) is 20.8 Å². The van der Waals surface area contributed by atoms with Crippen LogP contribution in [0.5, 0.6) is 11.5 Å². The number of ketones is 1. The smallest absolute Gasteiger partial charge is 0.222 e. The Bertz CT molecular complexity index is 1500. The van der Waals surface area contributed by atoms with E-state index in [1.54, 1.807) is 30.6 Å². The van der Waals surface area contributed by atoms with Crippen LogP contribution in [-0.2, 0) is 27.3 Å². The Hall–Kier alpha value is -3.69. The Balaban J connectivity index is 1.16. The van der Waals surface area contributed by atoms with Crippen molar-refractivity contribution in [3.8, 4) is 22.1 Å². The van der Waals surface area contributed by atoms with Crippen molar-refractivity contribution in [2.75, 3.05) is 19.8 Å². The largest absolute Gasteiger partial charge is 0.453 e. The number of fused-ring (bicyclic) bond motifs is 1. The predicted molar refractivity (Wildman–Crippen MR) is 142 cm³/mol. The maximum absolute atomic E-state index is 14.9. The number of rotatable bonds is 9. The number of hydrogen-bond donors (Lipinski definition) is 0. The average molecular weight is 532 g/mol. The Morgan fingerprint density at radius 1 is 1.11 bits per heavy atom. The Morgan fingerprint density at radius 2 is 1.97 bits per heavy atom. The summed E-state index contributed by atoms with van der Waals surface area (Å²) in [7, 11) is 0. The molecule has 0 unspecified atom stereocenters. The highest BCUT2D eigenvalue weighted by molar-refractivity contribution is 7.22. The summed E-state index contributed by atoms with van der Waals surface area (Å²) in [4.78, 5) is 36.0. The number of halogens is 1. The number of carbonyl (C=O) groups excluding carboxylic acids is 2. The van der Waals surface area contributed by atoms with Crippen LogP contribution >= 0.6 is 11.3 Å². The van der Waals surface area contributed by atoms with Crippen LogP contribution in [0, 0.1) is 11.7 Å². The number of aromatic nitrogens is 2. The first-order chi connectivity index (χ1) is 18.5. The maximum atomic E-state index is 14.9. The lowest BCUT2D eigenvalue weighted by Gasteiger charge is -2.25. The first kappa shape index (κ1) is 24.6. The summed E-state index contributed by atoms with van der Waals surface area (Å²) in [5, 5.41) is 0. The van der Waals surface area contributed by atoms with Gasteiger partial charge in [0.1, 0.15) is 11.5 Å². The summed E-state index contributed by atoms with van der Waals surface area (Å²) in [5.74, 6) is 0.639. The third-order valence-corrected chi connectivity index (χ3v) is 8.00. The van der Waals surface area contributed by atoms with Gasteiger partial charge in [0.2, 0.25) is 5.91 Å². The van der Waals surface area contributed by atoms with Gasteiger partial charge in [-0.15, -0.1) is 11.3 Å². The Kier molecular flexibility index (Phi) is 6.86. The molecule has 6 rings (SSSR count). The second-order valence-corrected chi connectivity index (χ2v) is 10.8. The lowest BCUT2D eigenvalue weighted by atomic mass is 9.97. The lowest BCUT2D eigenvalue weighted by Crippen LogP contribution is -2.30. The zero-order valence-corrected chi connectivity index (χ0v) is 21.5. The Morgan fingerprint density at radius 3 is 2.68 bits per heavy atom. The number of carbonyl (C=O) groups is 2. The number of hydrogen-bond acceptors (Lipinski definition) is 7. The van der Waals surface area contributed by atoms with E-state index in [9.17, 15) is 14.0 Å². The first-order valence-electron chi connectivity index (χ1n) is 12.7. The molecular formula is C29H26FN3O4S. The summed E-state index contributed by atoms with van der Waals surface area (Å²) < 4.78 is 26.8. The number of amides is 1. The summed E-state index contributed by atoms with van der Waals surface area (Å²) in [6.07, 6.45) is 5.63. The third-order valence-electron chi connectivity index (χ3n) is 6.84. The highest BCUT2D eigenvalue weighted by atomic mass is 32.1. The van der Waals surface area contributed by atoms with Gasteiger partial charge in [0, 0.05) is 56.7 Å². The molecule has 0 spiro atoms. The Labute approximate surface area is 223 Å². The molecule has 0 saturated carbocycles. The quantitative estimate of drug-likeness (QED) is 0.281. The number of Topliss-reactive ketones (excluding diaryl/α,β-unsaturated/α-hetero) is 1. The van der Waals surface area contributed by atoms with Gasteiger partial charge in [0.05, 0.1) is 34.0 Å². The van der Waals surface area contributed by atoms with E-state index in [-0.39, 0.29) is 29.8 Å². The van der Waals surface area contributed by atoms with E-state index in [0.29, 0.717) is 43.9 Å². The van der Waals surface area contributed by atoms with Crippen LogP contribution in [0.3, 0.4) is 0 Å². The van der Waals surface area contributed by atoms with Crippen molar-refractivity contribution >= 4 is 33.2 Å². The summed E-state index contributed by atoms with van der Waals surface area (Å²) in [6, 6.07) is 12.2. The molecule has 2 aliphatic rings.